The Morgan fingerprint density at radius 2 is 1.82 bits per heavy atom. The molecule has 28 heavy (non-hydrogen) atoms. The van der Waals surface area contributed by atoms with Gasteiger partial charge >= 0.3 is 0 Å². The summed E-state index contributed by atoms with van der Waals surface area (Å²) >= 11 is 0. The van der Waals surface area contributed by atoms with Crippen LogP contribution in [0.2, 0.25) is 0 Å². The van der Waals surface area contributed by atoms with Crippen molar-refractivity contribution in [1.29, 1.82) is 0 Å². The molecular weight excluding hydrogens is 360 g/mol. The molecule has 0 radical (unpaired) electrons. The molecule has 2 aromatic carbocycles. The molecule has 1 N–H and O–H groups in total. The fraction of sp³-hybridized carbons (Fsp3) is 0.182. The van der Waals surface area contributed by atoms with Crippen molar-refractivity contribution in [2.24, 2.45) is 0 Å². The molecular formula is C22H21F2N3O. The number of amides is 1. The number of pyridine rings is 1. The number of hydrogen-bond donors (Lipinski definition) is 1. The minimum absolute atomic E-state index is 0.00757. The van der Waals surface area contributed by atoms with Crippen LogP contribution in [0, 0.1) is 11.6 Å². The Balaban J connectivity index is 1.81. The van der Waals surface area contributed by atoms with Gasteiger partial charge in [0.2, 0.25) is 0 Å². The molecule has 144 valence electrons. The SMILES string of the molecule is CC(C)N(Cc1ccccc1)C(=O)c1ccnc(Nc2ccc(F)cc2F)c1. The zero-order valence-electron chi connectivity index (χ0n) is 15.7. The average molecular weight is 381 g/mol. The first-order valence-corrected chi connectivity index (χ1v) is 8.97. The lowest BCUT2D eigenvalue weighted by Gasteiger charge is -2.27. The molecule has 1 heterocycles. The first-order valence-electron chi connectivity index (χ1n) is 8.97. The van der Waals surface area contributed by atoms with E-state index in [0.29, 0.717) is 17.9 Å². The number of halogens is 2. The summed E-state index contributed by atoms with van der Waals surface area (Å²) in [7, 11) is 0. The Kier molecular flexibility index (Phi) is 5.99. The normalized spacial score (nSPS) is 10.8. The second-order valence-electron chi connectivity index (χ2n) is 6.69. The smallest absolute Gasteiger partial charge is 0.254 e. The molecule has 4 nitrogen and oxygen atoms in total. The number of anilines is 2. The van der Waals surface area contributed by atoms with Crippen LogP contribution in [0.4, 0.5) is 20.3 Å². The van der Waals surface area contributed by atoms with Crippen molar-refractivity contribution in [1.82, 2.24) is 9.88 Å². The summed E-state index contributed by atoms with van der Waals surface area (Å²) in [6.45, 7) is 4.39. The molecule has 0 bridgehead atoms. The standard InChI is InChI=1S/C22H21F2N3O/c1-15(2)27(14-16-6-4-3-5-7-16)22(28)17-10-11-25-21(12-17)26-20-9-8-18(23)13-19(20)24/h3-13,15H,14H2,1-2H3,(H,25,26). The van der Waals surface area contributed by atoms with Gasteiger partial charge in [-0.2, -0.15) is 0 Å². The summed E-state index contributed by atoms with van der Waals surface area (Å²) in [5.41, 5.74) is 1.55. The summed E-state index contributed by atoms with van der Waals surface area (Å²) in [5, 5.41) is 2.79. The van der Waals surface area contributed by atoms with Gasteiger partial charge < -0.3 is 10.2 Å². The fourth-order valence-corrected chi connectivity index (χ4v) is 2.80. The lowest BCUT2D eigenvalue weighted by Crippen LogP contribution is -2.36. The van der Waals surface area contributed by atoms with Gasteiger partial charge in [-0.15, -0.1) is 0 Å². The quantitative estimate of drug-likeness (QED) is 0.642. The number of nitrogens with one attached hydrogen (secondary N) is 1. The first-order chi connectivity index (χ1) is 13.4. The third-order valence-corrected chi connectivity index (χ3v) is 4.28. The van der Waals surface area contributed by atoms with Crippen LogP contribution in [-0.4, -0.2) is 21.8 Å². The number of rotatable bonds is 6. The maximum atomic E-state index is 13.9. The highest BCUT2D eigenvalue weighted by Crippen LogP contribution is 2.21. The van der Waals surface area contributed by atoms with Crippen LogP contribution in [0.15, 0.2) is 66.9 Å². The summed E-state index contributed by atoms with van der Waals surface area (Å²) in [4.78, 5) is 18.9. The van der Waals surface area contributed by atoms with Gasteiger partial charge in [-0.25, -0.2) is 13.8 Å². The number of benzene rings is 2. The molecule has 0 aliphatic rings. The zero-order chi connectivity index (χ0) is 20.1. The second kappa shape index (κ2) is 8.61. The molecule has 3 aromatic rings. The van der Waals surface area contributed by atoms with Crippen molar-refractivity contribution in [2.45, 2.75) is 26.4 Å². The van der Waals surface area contributed by atoms with Gasteiger partial charge in [-0.3, -0.25) is 4.79 Å². The van der Waals surface area contributed by atoms with E-state index in [9.17, 15) is 13.6 Å². The summed E-state index contributed by atoms with van der Waals surface area (Å²) in [6, 6.07) is 16.1. The van der Waals surface area contributed by atoms with Crippen molar-refractivity contribution < 1.29 is 13.6 Å². The maximum absolute atomic E-state index is 13.9. The minimum Gasteiger partial charge on any atom is -0.338 e. The Morgan fingerprint density at radius 1 is 1.07 bits per heavy atom. The van der Waals surface area contributed by atoms with Crippen LogP contribution >= 0.6 is 0 Å². The fourth-order valence-electron chi connectivity index (χ4n) is 2.80. The van der Waals surface area contributed by atoms with E-state index in [1.165, 1.54) is 12.3 Å². The van der Waals surface area contributed by atoms with Crippen LogP contribution in [0.1, 0.15) is 29.8 Å². The number of aromatic nitrogens is 1. The topological polar surface area (TPSA) is 45.2 Å². The lowest BCUT2D eigenvalue weighted by molar-refractivity contribution is 0.0690. The van der Waals surface area contributed by atoms with E-state index >= 15 is 0 Å². The molecule has 0 saturated carbocycles. The van der Waals surface area contributed by atoms with Crippen molar-refractivity contribution in [3.63, 3.8) is 0 Å². The predicted molar refractivity (Wildman–Crippen MR) is 105 cm³/mol. The van der Waals surface area contributed by atoms with Crippen LogP contribution in [0.25, 0.3) is 0 Å². The Bertz CT molecular complexity index is 961. The molecule has 1 amide bonds. The molecule has 0 aliphatic carbocycles. The van der Waals surface area contributed by atoms with E-state index in [4.69, 9.17) is 0 Å². The Hall–Kier alpha value is -3.28. The van der Waals surface area contributed by atoms with Gasteiger partial charge in [-0.05, 0) is 43.7 Å². The van der Waals surface area contributed by atoms with Crippen molar-refractivity contribution >= 4 is 17.4 Å². The molecule has 0 spiro atoms. The van der Waals surface area contributed by atoms with Crippen LogP contribution in [-0.2, 0) is 6.54 Å². The molecule has 3 rings (SSSR count). The van der Waals surface area contributed by atoms with Gasteiger partial charge in [0.15, 0.2) is 0 Å². The van der Waals surface area contributed by atoms with Gasteiger partial charge in [0.1, 0.15) is 17.5 Å². The van der Waals surface area contributed by atoms with Gasteiger partial charge in [0.25, 0.3) is 5.91 Å². The van der Waals surface area contributed by atoms with Crippen molar-refractivity contribution in [2.75, 3.05) is 5.32 Å². The van der Waals surface area contributed by atoms with E-state index in [1.54, 1.807) is 17.0 Å². The van der Waals surface area contributed by atoms with Crippen LogP contribution in [0.5, 0.6) is 0 Å². The van der Waals surface area contributed by atoms with Crippen molar-refractivity contribution in [3.8, 4) is 0 Å². The van der Waals surface area contributed by atoms with Gasteiger partial charge in [-0.1, -0.05) is 30.3 Å². The average Bonchev–Trinajstić information content (AvgIpc) is 2.68. The van der Waals surface area contributed by atoms with Gasteiger partial charge in [0, 0.05) is 30.4 Å². The van der Waals surface area contributed by atoms with E-state index in [0.717, 1.165) is 17.7 Å². The molecule has 6 heteroatoms. The van der Waals surface area contributed by atoms with E-state index < -0.39 is 11.6 Å². The molecule has 0 aliphatic heterocycles. The van der Waals surface area contributed by atoms with Crippen molar-refractivity contribution in [3.05, 3.63) is 89.6 Å². The molecule has 1 aromatic heterocycles. The third kappa shape index (κ3) is 4.71. The highest BCUT2D eigenvalue weighted by atomic mass is 19.1. The molecule has 0 atom stereocenters. The van der Waals surface area contributed by atoms with E-state index in [2.05, 4.69) is 10.3 Å². The summed E-state index contributed by atoms with van der Waals surface area (Å²) in [5.74, 6) is -1.23. The molecule has 0 unspecified atom stereocenters. The predicted octanol–water partition coefficient (Wildman–Crippen LogP) is 5.15. The number of hydrogen-bond acceptors (Lipinski definition) is 3. The Morgan fingerprint density at radius 3 is 2.50 bits per heavy atom. The largest absolute Gasteiger partial charge is 0.338 e. The molecule has 0 saturated heterocycles. The minimum atomic E-state index is -0.730. The number of nitrogens with zero attached hydrogens (tertiary/aromatic N) is 2. The molecule has 0 fully saturated rings. The third-order valence-electron chi connectivity index (χ3n) is 4.28. The maximum Gasteiger partial charge on any atom is 0.254 e. The first kappa shape index (κ1) is 19.5. The highest BCUT2D eigenvalue weighted by Gasteiger charge is 2.20. The van der Waals surface area contributed by atoms with Crippen LogP contribution < -0.4 is 5.32 Å². The lowest BCUT2D eigenvalue weighted by atomic mass is 10.1. The van der Waals surface area contributed by atoms with Crippen LogP contribution in [0.3, 0.4) is 0 Å². The Labute approximate surface area is 162 Å². The summed E-state index contributed by atoms with van der Waals surface area (Å²) < 4.78 is 26.9. The highest BCUT2D eigenvalue weighted by molar-refractivity contribution is 5.95. The van der Waals surface area contributed by atoms with E-state index in [-0.39, 0.29) is 17.6 Å². The monoisotopic (exact) mass is 381 g/mol. The zero-order valence-corrected chi connectivity index (χ0v) is 15.7. The van der Waals surface area contributed by atoms with Gasteiger partial charge in [0.05, 0.1) is 5.69 Å². The second-order valence-corrected chi connectivity index (χ2v) is 6.69. The number of carbonyl (C=O) groups excluding carboxylic acids is 1. The van der Waals surface area contributed by atoms with E-state index in [1.807, 2.05) is 44.2 Å². The number of carbonyl (C=O) groups is 1. The summed E-state index contributed by atoms with van der Waals surface area (Å²) in [6.07, 6.45) is 1.48.